The Morgan fingerprint density at radius 2 is 1.90 bits per heavy atom. The average Bonchev–Trinajstić information content (AvgIpc) is 3.29. The predicted molar refractivity (Wildman–Crippen MR) is 124 cm³/mol. The lowest BCUT2D eigenvalue weighted by Gasteiger charge is -2.20. The smallest absolute Gasteiger partial charge is 0.263 e. The van der Waals surface area contributed by atoms with E-state index in [0.717, 1.165) is 39.0 Å². The molecule has 0 bridgehead atoms. The lowest BCUT2D eigenvalue weighted by molar-refractivity contribution is 0.112. The molecule has 152 valence electrons. The van der Waals surface area contributed by atoms with Gasteiger partial charge in [-0.2, -0.15) is 0 Å². The van der Waals surface area contributed by atoms with Crippen LogP contribution < -0.4 is 5.56 Å². The maximum atomic E-state index is 13.6. The molecule has 0 fully saturated rings. The van der Waals surface area contributed by atoms with Crippen molar-refractivity contribution in [1.29, 1.82) is 0 Å². The molecule has 0 aliphatic rings. The number of nitrogens with zero attached hydrogens (tertiary/aromatic N) is 3. The fourth-order valence-corrected chi connectivity index (χ4v) is 4.80. The molecule has 0 aliphatic heterocycles. The number of carbonyl (C=O) groups is 1. The van der Waals surface area contributed by atoms with Crippen molar-refractivity contribution in [2.45, 2.75) is 19.3 Å². The first-order valence-corrected chi connectivity index (χ1v) is 10.9. The Hall–Kier alpha value is -3.64. The minimum absolute atomic E-state index is 0.00278. The van der Waals surface area contributed by atoms with E-state index in [0.29, 0.717) is 17.4 Å². The number of hydrogen-bond acceptors (Lipinski definition) is 5. The zero-order valence-corrected chi connectivity index (χ0v) is 17.7. The van der Waals surface area contributed by atoms with Crippen LogP contribution in [0, 0.1) is 0 Å². The highest BCUT2D eigenvalue weighted by Gasteiger charge is 2.19. The largest absolute Gasteiger partial charge is 0.298 e. The van der Waals surface area contributed by atoms with Crippen molar-refractivity contribution in [3.05, 3.63) is 99.7 Å². The highest BCUT2D eigenvalue weighted by molar-refractivity contribution is 7.16. The average molecular weight is 426 g/mol. The van der Waals surface area contributed by atoms with Gasteiger partial charge in [0.05, 0.1) is 21.3 Å². The van der Waals surface area contributed by atoms with Crippen LogP contribution in [0.25, 0.3) is 26.7 Å². The van der Waals surface area contributed by atoms with Crippen LogP contribution in [0.1, 0.15) is 34.6 Å². The molecule has 0 unspecified atom stereocenters. The van der Waals surface area contributed by atoms with Crippen LogP contribution in [0.3, 0.4) is 0 Å². The van der Waals surface area contributed by atoms with Crippen LogP contribution in [-0.4, -0.2) is 20.8 Å². The number of benzene rings is 2. The van der Waals surface area contributed by atoms with E-state index in [1.807, 2.05) is 66.3 Å². The molecule has 0 N–H and O–H groups in total. The molecule has 5 nitrogen and oxygen atoms in total. The first kappa shape index (κ1) is 19.3. The molecule has 0 amide bonds. The standard InChI is InChI=1S/C25H19N3O2S/c1-16(12-20-24-22(10-11-26-20)31-15-27-24)21-13-17-6-5-7-18(14-29)23(17)25(30)28(21)19-8-3-2-4-9-19/h2-11,13-16H,12H2,1H3/t16-/m1/s1. The van der Waals surface area contributed by atoms with Crippen molar-refractivity contribution >= 4 is 38.6 Å². The van der Waals surface area contributed by atoms with E-state index < -0.39 is 0 Å². The molecule has 0 radical (unpaired) electrons. The third-order valence-electron chi connectivity index (χ3n) is 5.58. The Morgan fingerprint density at radius 3 is 2.71 bits per heavy atom. The summed E-state index contributed by atoms with van der Waals surface area (Å²) in [6, 6.07) is 18.9. The minimum Gasteiger partial charge on any atom is -0.298 e. The summed E-state index contributed by atoms with van der Waals surface area (Å²) < 4.78 is 2.83. The first-order chi connectivity index (χ1) is 15.2. The summed E-state index contributed by atoms with van der Waals surface area (Å²) >= 11 is 1.59. The molecule has 0 saturated carbocycles. The first-order valence-electron chi connectivity index (χ1n) is 10.0. The van der Waals surface area contributed by atoms with Crippen LogP contribution in [0.2, 0.25) is 0 Å². The molecule has 3 aromatic heterocycles. The summed E-state index contributed by atoms with van der Waals surface area (Å²) in [6.45, 7) is 2.09. The molecule has 0 aliphatic carbocycles. The van der Waals surface area contributed by atoms with Crippen LogP contribution in [0.15, 0.2) is 77.2 Å². The number of pyridine rings is 2. The van der Waals surface area contributed by atoms with Gasteiger partial charge < -0.3 is 0 Å². The number of carbonyl (C=O) groups excluding carboxylic acids is 1. The molecule has 1 atom stereocenters. The van der Waals surface area contributed by atoms with Gasteiger partial charge in [-0.1, -0.05) is 43.3 Å². The predicted octanol–water partition coefficient (Wildman–Crippen LogP) is 5.15. The third-order valence-corrected chi connectivity index (χ3v) is 6.37. The number of aldehydes is 1. The van der Waals surface area contributed by atoms with Gasteiger partial charge in [-0.25, -0.2) is 4.98 Å². The van der Waals surface area contributed by atoms with E-state index in [2.05, 4.69) is 16.9 Å². The van der Waals surface area contributed by atoms with Crippen LogP contribution in [0.5, 0.6) is 0 Å². The summed E-state index contributed by atoms with van der Waals surface area (Å²) in [4.78, 5) is 34.3. The van der Waals surface area contributed by atoms with E-state index in [9.17, 15) is 9.59 Å². The zero-order valence-electron chi connectivity index (χ0n) is 16.9. The molecule has 5 rings (SSSR count). The molecule has 0 saturated heterocycles. The van der Waals surface area contributed by atoms with E-state index >= 15 is 0 Å². The zero-order chi connectivity index (χ0) is 21.4. The fraction of sp³-hybridized carbons (Fsp3) is 0.120. The van der Waals surface area contributed by atoms with Gasteiger partial charge in [0.2, 0.25) is 0 Å². The van der Waals surface area contributed by atoms with Gasteiger partial charge in [-0.15, -0.1) is 11.3 Å². The van der Waals surface area contributed by atoms with Crippen molar-refractivity contribution in [2.24, 2.45) is 0 Å². The third kappa shape index (κ3) is 3.35. The van der Waals surface area contributed by atoms with Gasteiger partial charge in [0.25, 0.3) is 5.56 Å². The number of rotatable bonds is 5. The summed E-state index contributed by atoms with van der Waals surface area (Å²) in [5, 5.41) is 1.21. The van der Waals surface area contributed by atoms with Gasteiger partial charge in [0, 0.05) is 29.1 Å². The monoisotopic (exact) mass is 425 g/mol. The Morgan fingerprint density at radius 1 is 1.06 bits per heavy atom. The summed E-state index contributed by atoms with van der Waals surface area (Å²) in [5.74, 6) is -0.00278. The fourth-order valence-electron chi connectivity index (χ4n) is 4.10. The Labute approximate surface area is 182 Å². The topological polar surface area (TPSA) is 64.8 Å². The second-order valence-corrected chi connectivity index (χ2v) is 8.42. The second-order valence-electron chi connectivity index (χ2n) is 7.54. The molecular weight excluding hydrogens is 406 g/mol. The van der Waals surface area contributed by atoms with Crippen LogP contribution in [0.4, 0.5) is 0 Å². The van der Waals surface area contributed by atoms with Crippen molar-refractivity contribution < 1.29 is 4.79 Å². The number of para-hydroxylation sites is 1. The molecule has 0 spiro atoms. The molecular formula is C25H19N3O2S. The second kappa shape index (κ2) is 7.89. The van der Waals surface area contributed by atoms with Crippen molar-refractivity contribution in [2.75, 3.05) is 0 Å². The minimum atomic E-state index is -0.187. The number of thiazole rings is 1. The number of hydrogen-bond donors (Lipinski definition) is 0. The highest BCUT2D eigenvalue weighted by atomic mass is 32.1. The number of fused-ring (bicyclic) bond motifs is 2. The molecule has 3 heterocycles. The Balaban J connectivity index is 1.73. The normalized spacial score (nSPS) is 12.3. The molecule has 5 aromatic rings. The van der Waals surface area contributed by atoms with Gasteiger partial charge in [-0.05, 0) is 36.1 Å². The summed E-state index contributed by atoms with van der Waals surface area (Å²) in [5.41, 5.74) is 5.53. The Bertz CT molecular complexity index is 1470. The molecule has 6 heteroatoms. The lowest BCUT2D eigenvalue weighted by atomic mass is 9.96. The highest BCUT2D eigenvalue weighted by Crippen LogP contribution is 2.28. The van der Waals surface area contributed by atoms with Gasteiger partial charge in [0.15, 0.2) is 6.29 Å². The quantitative estimate of drug-likeness (QED) is 0.365. The van der Waals surface area contributed by atoms with E-state index in [1.54, 1.807) is 22.0 Å². The number of aromatic nitrogens is 3. The maximum absolute atomic E-state index is 13.6. The van der Waals surface area contributed by atoms with Crippen molar-refractivity contribution in [3.63, 3.8) is 0 Å². The van der Waals surface area contributed by atoms with Crippen molar-refractivity contribution in [1.82, 2.24) is 14.5 Å². The summed E-state index contributed by atoms with van der Waals surface area (Å²) in [7, 11) is 0. The van der Waals surface area contributed by atoms with E-state index in [1.165, 1.54) is 0 Å². The van der Waals surface area contributed by atoms with Gasteiger partial charge in [-0.3, -0.25) is 19.1 Å². The lowest BCUT2D eigenvalue weighted by Crippen LogP contribution is -2.24. The van der Waals surface area contributed by atoms with Gasteiger partial charge in [0.1, 0.15) is 5.52 Å². The maximum Gasteiger partial charge on any atom is 0.263 e. The van der Waals surface area contributed by atoms with Crippen LogP contribution >= 0.6 is 11.3 Å². The van der Waals surface area contributed by atoms with Crippen LogP contribution in [-0.2, 0) is 6.42 Å². The van der Waals surface area contributed by atoms with E-state index in [-0.39, 0.29) is 11.5 Å². The SMILES string of the molecule is C[C@H](Cc1nccc2scnc12)c1cc2cccc(C=O)c2c(=O)n1-c1ccccc1. The molecule has 2 aromatic carbocycles. The van der Waals surface area contributed by atoms with Gasteiger partial charge >= 0.3 is 0 Å². The molecule has 31 heavy (non-hydrogen) atoms. The van der Waals surface area contributed by atoms with Crippen molar-refractivity contribution in [3.8, 4) is 5.69 Å². The Kier molecular flexibility index (Phi) is 4.92. The summed E-state index contributed by atoms with van der Waals surface area (Å²) in [6.07, 6.45) is 3.20. The van der Waals surface area contributed by atoms with E-state index in [4.69, 9.17) is 0 Å².